The van der Waals surface area contributed by atoms with E-state index in [-0.39, 0.29) is 22.2 Å². The van der Waals surface area contributed by atoms with E-state index in [2.05, 4.69) is 5.32 Å². The maximum Gasteiger partial charge on any atom is 0.340 e. The molecule has 0 aliphatic carbocycles. The third kappa shape index (κ3) is 3.50. The second-order valence-electron chi connectivity index (χ2n) is 7.18. The molecule has 1 aliphatic heterocycles. The number of rotatable bonds is 5. The molecule has 0 saturated carbocycles. The summed E-state index contributed by atoms with van der Waals surface area (Å²) < 4.78 is 17.3. The lowest BCUT2D eigenvalue weighted by atomic mass is 9.99. The van der Waals surface area contributed by atoms with E-state index in [0.29, 0.717) is 16.9 Å². The molecule has 0 atom stereocenters. The topological polar surface area (TPSA) is 95.9 Å². The van der Waals surface area contributed by atoms with Crippen molar-refractivity contribution in [3.8, 4) is 11.5 Å². The van der Waals surface area contributed by atoms with Crippen molar-refractivity contribution in [2.45, 2.75) is 19.4 Å². The van der Waals surface area contributed by atoms with Crippen LogP contribution in [0.5, 0.6) is 11.5 Å². The molecule has 1 N–H and O–H groups in total. The first-order valence-corrected chi connectivity index (χ1v) is 9.79. The minimum atomic E-state index is -0.661. The van der Waals surface area contributed by atoms with Crippen LogP contribution in [0.2, 0.25) is 0 Å². The number of carbonyl (C=O) groups is 2. The molecule has 31 heavy (non-hydrogen) atoms. The molecule has 0 saturated heterocycles. The van der Waals surface area contributed by atoms with Gasteiger partial charge in [0.25, 0.3) is 5.91 Å². The van der Waals surface area contributed by atoms with E-state index in [4.69, 9.17) is 14.2 Å². The molecule has 160 valence electrons. The van der Waals surface area contributed by atoms with Crippen LogP contribution in [0.4, 0.5) is 5.69 Å². The lowest BCUT2D eigenvalue weighted by molar-refractivity contribution is 0.0601. The number of nitrogens with zero attached hydrogens (tertiary/aromatic N) is 1. The summed E-state index contributed by atoms with van der Waals surface area (Å²) in [6.45, 7) is 0.720. The zero-order chi connectivity index (χ0) is 22.1. The van der Waals surface area contributed by atoms with E-state index < -0.39 is 11.9 Å². The van der Waals surface area contributed by atoms with Crippen LogP contribution < -0.4 is 20.2 Å². The van der Waals surface area contributed by atoms with E-state index in [1.54, 1.807) is 12.3 Å². The molecule has 2 heterocycles. The number of pyridine rings is 1. The molecule has 2 aromatic carbocycles. The van der Waals surface area contributed by atoms with Crippen molar-refractivity contribution in [1.29, 1.82) is 0 Å². The summed E-state index contributed by atoms with van der Waals surface area (Å²) in [5.41, 5.74) is 1.85. The van der Waals surface area contributed by atoms with Crippen LogP contribution in [0.1, 0.15) is 32.7 Å². The third-order valence-corrected chi connectivity index (χ3v) is 5.45. The summed E-state index contributed by atoms with van der Waals surface area (Å²) in [5, 5.41) is 3.17. The summed E-state index contributed by atoms with van der Waals surface area (Å²) in [6, 6.07) is 8.45. The number of carbonyl (C=O) groups excluding carboxylic acids is 2. The van der Waals surface area contributed by atoms with Gasteiger partial charge in [-0.05, 0) is 24.5 Å². The van der Waals surface area contributed by atoms with Gasteiger partial charge in [-0.1, -0.05) is 12.1 Å². The highest BCUT2D eigenvalue weighted by Gasteiger charge is 2.23. The number of hydrogen-bond donors (Lipinski definition) is 1. The zero-order valence-corrected chi connectivity index (χ0v) is 17.5. The van der Waals surface area contributed by atoms with Gasteiger partial charge in [-0.3, -0.25) is 9.59 Å². The van der Waals surface area contributed by atoms with Gasteiger partial charge in [0.05, 0.1) is 38.1 Å². The first kappa shape index (κ1) is 20.5. The number of amides is 1. The predicted molar refractivity (Wildman–Crippen MR) is 115 cm³/mol. The van der Waals surface area contributed by atoms with Crippen LogP contribution in [-0.4, -0.2) is 37.8 Å². The first-order chi connectivity index (χ1) is 15.0. The highest BCUT2D eigenvalue weighted by atomic mass is 16.5. The summed E-state index contributed by atoms with van der Waals surface area (Å²) in [6.07, 6.45) is 3.41. The molecule has 1 aliphatic rings. The number of aryl methyl sites for hydroxylation is 2. The molecule has 3 aromatic rings. The van der Waals surface area contributed by atoms with Gasteiger partial charge in [-0.15, -0.1) is 0 Å². The Hall–Kier alpha value is -3.81. The Bertz CT molecular complexity index is 1260. The molecule has 0 radical (unpaired) electrons. The monoisotopic (exact) mass is 422 g/mol. The summed E-state index contributed by atoms with van der Waals surface area (Å²) in [5.74, 6) is -0.653. The molecular weight excluding hydrogens is 400 g/mol. The van der Waals surface area contributed by atoms with Crippen LogP contribution in [0.3, 0.4) is 0 Å². The number of nitrogens with one attached hydrogen (secondary N) is 1. The Morgan fingerprint density at radius 2 is 1.77 bits per heavy atom. The molecule has 1 aromatic heterocycles. The molecule has 0 fully saturated rings. The van der Waals surface area contributed by atoms with Gasteiger partial charge in [0, 0.05) is 30.3 Å². The number of esters is 1. The number of para-hydroxylation sites is 1. The summed E-state index contributed by atoms with van der Waals surface area (Å²) in [4.78, 5) is 38.5. The number of hydrogen-bond acceptors (Lipinski definition) is 6. The maximum absolute atomic E-state index is 13.1. The Balaban J connectivity index is 1.81. The number of ether oxygens (including phenoxy) is 3. The van der Waals surface area contributed by atoms with Gasteiger partial charge in [0.1, 0.15) is 5.56 Å². The van der Waals surface area contributed by atoms with Crippen LogP contribution in [0, 0.1) is 0 Å². The molecule has 0 unspecified atom stereocenters. The molecule has 8 heteroatoms. The Morgan fingerprint density at radius 3 is 2.48 bits per heavy atom. The van der Waals surface area contributed by atoms with Gasteiger partial charge in [0.2, 0.25) is 5.43 Å². The minimum Gasteiger partial charge on any atom is -0.493 e. The van der Waals surface area contributed by atoms with E-state index in [1.165, 1.54) is 33.5 Å². The third-order valence-electron chi connectivity index (χ3n) is 5.45. The van der Waals surface area contributed by atoms with Crippen molar-refractivity contribution in [2.75, 3.05) is 26.6 Å². The average molecular weight is 422 g/mol. The van der Waals surface area contributed by atoms with Crippen molar-refractivity contribution >= 4 is 28.5 Å². The number of benzene rings is 2. The normalized spacial score (nSPS) is 12.4. The maximum atomic E-state index is 13.1. The first-order valence-electron chi connectivity index (χ1n) is 9.79. The van der Waals surface area contributed by atoms with Gasteiger partial charge < -0.3 is 24.1 Å². The molecule has 1 amide bonds. The van der Waals surface area contributed by atoms with Crippen LogP contribution in [-0.2, 0) is 17.7 Å². The van der Waals surface area contributed by atoms with Crippen molar-refractivity contribution in [3.63, 3.8) is 0 Å². The molecule has 4 rings (SSSR count). The lowest BCUT2D eigenvalue weighted by Gasteiger charge is -2.21. The molecule has 0 spiro atoms. The number of methoxy groups -OCH3 is 3. The second-order valence-corrected chi connectivity index (χ2v) is 7.18. The Labute approximate surface area is 178 Å². The second kappa shape index (κ2) is 8.14. The molecule has 0 bridgehead atoms. The van der Waals surface area contributed by atoms with E-state index in [9.17, 15) is 14.4 Å². The number of anilines is 1. The number of aromatic nitrogens is 1. The van der Waals surface area contributed by atoms with Gasteiger partial charge >= 0.3 is 5.97 Å². The smallest absolute Gasteiger partial charge is 0.340 e. The fraction of sp³-hybridized carbons (Fsp3) is 0.261. The molecular formula is C23H22N2O6. The van der Waals surface area contributed by atoms with Crippen molar-refractivity contribution in [1.82, 2.24) is 4.57 Å². The highest BCUT2D eigenvalue weighted by molar-refractivity contribution is 6.09. The highest BCUT2D eigenvalue weighted by Crippen LogP contribution is 2.34. The van der Waals surface area contributed by atoms with E-state index in [0.717, 1.165) is 30.5 Å². The minimum absolute atomic E-state index is 0.00264. The van der Waals surface area contributed by atoms with E-state index in [1.807, 2.05) is 16.7 Å². The largest absolute Gasteiger partial charge is 0.493 e. The van der Waals surface area contributed by atoms with Crippen LogP contribution in [0.25, 0.3) is 10.9 Å². The average Bonchev–Trinajstić information content (AvgIpc) is 2.80. The van der Waals surface area contributed by atoms with Crippen molar-refractivity contribution in [3.05, 3.63) is 63.4 Å². The Morgan fingerprint density at radius 1 is 1.03 bits per heavy atom. The van der Waals surface area contributed by atoms with Gasteiger partial charge in [-0.25, -0.2) is 4.79 Å². The van der Waals surface area contributed by atoms with Crippen molar-refractivity contribution in [2.24, 2.45) is 0 Å². The van der Waals surface area contributed by atoms with Gasteiger partial charge in [-0.2, -0.15) is 0 Å². The fourth-order valence-corrected chi connectivity index (χ4v) is 3.97. The van der Waals surface area contributed by atoms with Crippen molar-refractivity contribution < 1.29 is 23.8 Å². The Kier molecular flexibility index (Phi) is 5.37. The quantitative estimate of drug-likeness (QED) is 0.635. The SMILES string of the molecule is COC(=O)c1cc(OC)c(OC)cc1NC(=O)c1cn2c3c(cccc3c1=O)CCC2. The predicted octanol–water partition coefficient (Wildman–Crippen LogP) is 3.00. The fourth-order valence-electron chi connectivity index (χ4n) is 3.97. The summed E-state index contributed by atoms with van der Waals surface area (Å²) >= 11 is 0. The lowest BCUT2D eigenvalue weighted by Crippen LogP contribution is -2.26. The van der Waals surface area contributed by atoms with E-state index >= 15 is 0 Å². The van der Waals surface area contributed by atoms with Gasteiger partial charge in [0.15, 0.2) is 11.5 Å². The molecule has 8 nitrogen and oxygen atoms in total. The zero-order valence-electron chi connectivity index (χ0n) is 17.5. The standard InChI is InChI=1S/C23H22N2O6/c1-29-18-10-15(23(28)31-3)17(11-19(18)30-2)24-22(27)16-12-25-9-5-7-13-6-4-8-14(20(13)25)21(16)26/h4,6,8,10-12H,5,7,9H2,1-3H3,(H,24,27). The van der Waals surface area contributed by atoms with Crippen LogP contribution >= 0.6 is 0 Å². The summed E-state index contributed by atoms with van der Waals surface area (Å²) in [7, 11) is 4.12. The van der Waals surface area contributed by atoms with Crippen LogP contribution in [0.15, 0.2) is 41.3 Å².